The number of aromatic hydroxyl groups is 1. The number of aliphatic hydroxyl groups excluding tert-OH is 1. The number of phenolic OH excluding ortho intramolecular Hbond substituents is 1. The molecule has 8 N–H and O–H groups in total. The van der Waals surface area contributed by atoms with E-state index in [0.29, 0.717) is 6.42 Å². The summed E-state index contributed by atoms with van der Waals surface area (Å²) >= 11 is 0. The van der Waals surface area contributed by atoms with E-state index in [9.17, 15) is 51.7 Å². The van der Waals surface area contributed by atoms with Gasteiger partial charge >= 0.3 is 5.97 Å². The molecule has 13 nitrogen and oxygen atoms in total. The van der Waals surface area contributed by atoms with Crippen molar-refractivity contribution in [1.82, 2.24) is 20.9 Å². The molecule has 5 atom stereocenters. The molecule has 2 fully saturated rings. The number of carboxylic acids is 1. The van der Waals surface area contributed by atoms with Gasteiger partial charge in [0, 0.05) is 30.0 Å². The lowest BCUT2D eigenvalue weighted by atomic mass is 10.0. The molecule has 0 saturated carbocycles. The van der Waals surface area contributed by atoms with Crippen molar-refractivity contribution < 1.29 is 56.9 Å². The Balaban J connectivity index is 1.82. The highest BCUT2D eigenvalue weighted by Gasteiger charge is 2.40. The number of benzene rings is 1. The summed E-state index contributed by atoms with van der Waals surface area (Å²) in [6, 6.07) is -7.32. The summed E-state index contributed by atoms with van der Waals surface area (Å²) in [6.07, 6.45) is -0.475. The van der Waals surface area contributed by atoms with Crippen LogP contribution in [0.25, 0.3) is 0 Å². The molecular weight excluding hydrogens is 614 g/mol. The zero-order valence-electron chi connectivity index (χ0n) is 21.6. The van der Waals surface area contributed by atoms with E-state index in [0.717, 1.165) is 26.5 Å². The molecule has 2 saturated heterocycles. The van der Waals surface area contributed by atoms with Gasteiger partial charge in [0.2, 0.25) is 35.3 Å². The molecule has 232 valence electrons. The maximum Gasteiger partial charge on any atom is 0.327 e. The third kappa shape index (κ3) is 7.37. The predicted molar refractivity (Wildman–Crippen MR) is 140 cm³/mol. The molecule has 2 aliphatic rings. The number of hydrogen-bond donors (Lipinski definition) is 7. The van der Waals surface area contributed by atoms with Crippen molar-refractivity contribution in [3.63, 3.8) is 0 Å². The van der Waals surface area contributed by atoms with Crippen LogP contribution in [0.4, 0.5) is 17.6 Å². The van der Waals surface area contributed by atoms with Crippen LogP contribution >= 0.6 is 21.6 Å². The molecule has 42 heavy (non-hydrogen) atoms. The molecule has 1 aromatic carbocycles. The van der Waals surface area contributed by atoms with E-state index in [2.05, 4.69) is 16.0 Å². The zero-order chi connectivity index (χ0) is 31.3. The van der Waals surface area contributed by atoms with E-state index in [1.807, 2.05) is 0 Å². The summed E-state index contributed by atoms with van der Waals surface area (Å²) in [7, 11) is 1.82. The Morgan fingerprint density at radius 3 is 2.24 bits per heavy atom. The highest BCUT2D eigenvalue weighted by Crippen LogP contribution is 2.29. The Morgan fingerprint density at radius 1 is 1.02 bits per heavy atom. The van der Waals surface area contributed by atoms with Gasteiger partial charge in [-0.05, 0) is 12.8 Å². The van der Waals surface area contributed by atoms with Crippen molar-refractivity contribution in [2.75, 3.05) is 24.7 Å². The summed E-state index contributed by atoms with van der Waals surface area (Å²) in [4.78, 5) is 64.5. The lowest BCUT2D eigenvalue weighted by Crippen LogP contribution is -2.60. The number of phenols is 1. The van der Waals surface area contributed by atoms with Gasteiger partial charge < -0.3 is 41.9 Å². The molecule has 0 bridgehead atoms. The summed E-state index contributed by atoms with van der Waals surface area (Å²) in [5, 5.41) is 35.3. The van der Waals surface area contributed by atoms with Crippen LogP contribution in [0, 0.1) is 23.3 Å². The van der Waals surface area contributed by atoms with Crippen LogP contribution in [0.5, 0.6) is 5.75 Å². The van der Waals surface area contributed by atoms with Crippen LogP contribution in [0.15, 0.2) is 0 Å². The van der Waals surface area contributed by atoms with E-state index >= 15 is 0 Å². The molecule has 0 radical (unpaired) electrons. The SMILES string of the molecule is N[C@@H](Cc1c(F)c(F)c(O)c(F)c1F)C(=O)N[C@H]1CSSC[C@@H](C(=O)O)NC(=O)[C@@H]2CCCN2C(=O)[C@H](CO)NC1=O. The third-order valence-corrected chi connectivity index (χ3v) is 8.95. The van der Waals surface area contributed by atoms with E-state index in [-0.39, 0.29) is 24.5 Å². The van der Waals surface area contributed by atoms with Gasteiger partial charge in [-0.15, -0.1) is 0 Å². The first kappa shape index (κ1) is 33.2. The number of carboxylic acid groups (broad SMARTS) is 1. The third-order valence-electron chi connectivity index (χ3n) is 6.53. The Kier molecular flexibility index (Phi) is 11.3. The molecule has 0 aliphatic carbocycles. The highest BCUT2D eigenvalue weighted by molar-refractivity contribution is 8.76. The number of amides is 4. The molecular formula is C23H27F4N5O8S2. The number of nitrogens with one attached hydrogen (secondary N) is 3. The second-order valence-electron chi connectivity index (χ2n) is 9.36. The van der Waals surface area contributed by atoms with E-state index in [1.54, 1.807) is 0 Å². The van der Waals surface area contributed by atoms with Gasteiger partial charge in [0.25, 0.3) is 0 Å². The van der Waals surface area contributed by atoms with Crippen LogP contribution in [0.1, 0.15) is 18.4 Å². The van der Waals surface area contributed by atoms with Crippen LogP contribution in [0.2, 0.25) is 0 Å². The number of halogens is 4. The standard InChI is InChI=1S/C23H27F4N5O8S2/c24-14-8(15(25)17(27)18(34)16(14)26)4-9(28)19(35)30-11-6-41-42-7-12(23(39)40)31-21(37)13-2-1-3-32(13)22(38)10(5-33)29-20(11)36/h9-13,33-34H,1-7,28H2,(H,29,36)(H,30,35)(H,31,37)(H,39,40)/t9-,10-,11-,12-,13-/m0/s1. The van der Waals surface area contributed by atoms with Crippen LogP contribution in [0.3, 0.4) is 0 Å². The maximum absolute atomic E-state index is 14.2. The second kappa shape index (κ2) is 14.3. The first-order chi connectivity index (χ1) is 19.8. The van der Waals surface area contributed by atoms with Crippen molar-refractivity contribution in [3.8, 4) is 5.75 Å². The summed E-state index contributed by atoms with van der Waals surface area (Å²) < 4.78 is 55.8. The smallest absolute Gasteiger partial charge is 0.327 e. The molecule has 19 heteroatoms. The van der Waals surface area contributed by atoms with Crippen molar-refractivity contribution in [2.24, 2.45) is 5.73 Å². The van der Waals surface area contributed by atoms with Crippen molar-refractivity contribution in [2.45, 2.75) is 49.5 Å². The van der Waals surface area contributed by atoms with E-state index in [4.69, 9.17) is 10.8 Å². The Morgan fingerprint density at radius 2 is 1.64 bits per heavy atom. The minimum absolute atomic E-state index is 0.0895. The molecule has 0 aromatic heterocycles. The largest absolute Gasteiger partial charge is 0.503 e. The molecule has 0 spiro atoms. The lowest BCUT2D eigenvalue weighted by Gasteiger charge is -2.30. The first-order valence-corrected chi connectivity index (χ1v) is 14.9. The number of fused-ring (bicyclic) bond motifs is 1. The normalized spacial score (nSPS) is 24.7. The van der Waals surface area contributed by atoms with Crippen LogP contribution in [-0.2, 0) is 30.4 Å². The Hall–Kier alpha value is -3.29. The van der Waals surface area contributed by atoms with Gasteiger partial charge in [0.1, 0.15) is 24.2 Å². The maximum atomic E-state index is 14.2. The predicted octanol–water partition coefficient (Wildman–Crippen LogP) is -1.26. The summed E-state index contributed by atoms with van der Waals surface area (Å²) in [6.45, 7) is -0.808. The van der Waals surface area contributed by atoms with Gasteiger partial charge in [-0.2, -0.15) is 8.78 Å². The first-order valence-electron chi connectivity index (χ1n) is 12.4. The summed E-state index contributed by atoms with van der Waals surface area (Å²) in [5.41, 5.74) is 4.43. The Labute approximate surface area is 243 Å². The average Bonchev–Trinajstić information content (AvgIpc) is 3.45. The van der Waals surface area contributed by atoms with Gasteiger partial charge in [-0.3, -0.25) is 19.2 Å². The number of carbonyl (C=O) groups is 5. The lowest BCUT2D eigenvalue weighted by molar-refractivity contribution is -0.145. The molecule has 2 heterocycles. The Bertz CT molecular complexity index is 1230. The van der Waals surface area contributed by atoms with Gasteiger partial charge in [0.15, 0.2) is 17.4 Å². The average molecular weight is 642 g/mol. The number of rotatable bonds is 6. The fourth-order valence-electron chi connectivity index (χ4n) is 4.25. The minimum Gasteiger partial charge on any atom is -0.503 e. The minimum atomic E-state index is -2.09. The molecule has 3 rings (SSSR count). The molecule has 2 aliphatic heterocycles. The number of carbonyl (C=O) groups excluding carboxylic acids is 4. The number of nitrogens with two attached hydrogens (primary N) is 1. The van der Waals surface area contributed by atoms with Crippen molar-refractivity contribution >= 4 is 51.2 Å². The van der Waals surface area contributed by atoms with Crippen molar-refractivity contribution in [1.29, 1.82) is 0 Å². The van der Waals surface area contributed by atoms with Gasteiger partial charge in [-0.1, -0.05) is 21.6 Å². The van der Waals surface area contributed by atoms with Crippen LogP contribution < -0.4 is 21.7 Å². The van der Waals surface area contributed by atoms with Crippen molar-refractivity contribution in [3.05, 3.63) is 28.8 Å². The number of nitrogens with zero attached hydrogens (tertiary/aromatic N) is 1. The quantitative estimate of drug-likeness (QED) is 0.111. The molecule has 1 aromatic rings. The van der Waals surface area contributed by atoms with E-state index < -0.39 is 107 Å². The zero-order valence-corrected chi connectivity index (χ0v) is 23.2. The van der Waals surface area contributed by atoms with Gasteiger partial charge in [0.05, 0.1) is 12.6 Å². The monoisotopic (exact) mass is 641 g/mol. The number of aliphatic carboxylic acids is 1. The van der Waals surface area contributed by atoms with Crippen LogP contribution in [-0.4, -0.2) is 105 Å². The molecule has 4 amide bonds. The molecule has 0 unspecified atom stereocenters. The number of aliphatic hydroxyl groups is 1. The number of hydrogen-bond acceptors (Lipinski definition) is 10. The fraction of sp³-hybridized carbons (Fsp3) is 0.522. The van der Waals surface area contributed by atoms with E-state index in [1.165, 1.54) is 0 Å². The summed E-state index contributed by atoms with van der Waals surface area (Å²) in [5.74, 6) is -15.6. The topological polar surface area (TPSA) is 211 Å². The van der Waals surface area contributed by atoms with Gasteiger partial charge in [-0.25, -0.2) is 13.6 Å². The fourth-order valence-corrected chi connectivity index (χ4v) is 6.57. The second-order valence-corrected chi connectivity index (χ2v) is 11.9. The highest BCUT2D eigenvalue weighted by atomic mass is 33.1.